The first kappa shape index (κ1) is 18.8. The fraction of sp³-hybridized carbons (Fsp3) is 0.333. The number of carbonyl (C=O) groups is 1. The summed E-state index contributed by atoms with van der Waals surface area (Å²) in [6.45, 7) is 2.59. The van der Waals surface area contributed by atoms with Crippen LogP contribution in [0.2, 0.25) is 0 Å². The fourth-order valence-corrected chi connectivity index (χ4v) is 4.89. The Morgan fingerprint density at radius 2 is 1.92 bits per heavy atom. The molecule has 6 nitrogen and oxygen atoms in total. The molecule has 2 aromatic rings. The highest BCUT2D eigenvalue weighted by molar-refractivity contribution is 7.89. The molecule has 0 spiro atoms. The number of hydrogen-bond acceptors (Lipinski definition) is 5. The molecule has 1 saturated heterocycles. The highest BCUT2D eigenvalue weighted by Crippen LogP contribution is 2.24. The van der Waals surface area contributed by atoms with Gasteiger partial charge in [-0.15, -0.1) is 11.3 Å². The average Bonchev–Trinajstić information content (AvgIpc) is 3.15. The second-order valence-corrected chi connectivity index (χ2v) is 9.16. The van der Waals surface area contributed by atoms with E-state index in [2.05, 4.69) is 10.5 Å². The minimum atomic E-state index is -3.50. The Morgan fingerprint density at radius 1 is 1.23 bits per heavy atom. The van der Waals surface area contributed by atoms with Gasteiger partial charge < -0.3 is 0 Å². The summed E-state index contributed by atoms with van der Waals surface area (Å²) in [6, 6.07) is 10.7. The molecule has 1 aliphatic rings. The SMILES string of the molecule is Cc1ccc(S(=O)(=O)N2CCC(C(=O)N/N=C/c3cccs3)CC2)cc1. The van der Waals surface area contributed by atoms with Crippen molar-refractivity contribution >= 4 is 33.5 Å². The van der Waals surface area contributed by atoms with E-state index >= 15 is 0 Å². The third-order valence-electron chi connectivity index (χ3n) is 4.39. The molecule has 26 heavy (non-hydrogen) atoms. The van der Waals surface area contributed by atoms with Gasteiger partial charge in [0.2, 0.25) is 15.9 Å². The minimum Gasteiger partial charge on any atom is -0.273 e. The van der Waals surface area contributed by atoms with Crippen molar-refractivity contribution in [1.29, 1.82) is 0 Å². The van der Waals surface area contributed by atoms with Crippen molar-refractivity contribution < 1.29 is 13.2 Å². The van der Waals surface area contributed by atoms with Crippen LogP contribution in [0.15, 0.2) is 51.8 Å². The van der Waals surface area contributed by atoms with E-state index in [0.717, 1.165) is 10.4 Å². The van der Waals surface area contributed by atoms with E-state index in [9.17, 15) is 13.2 Å². The van der Waals surface area contributed by atoms with E-state index in [1.165, 1.54) is 15.6 Å². The van der Waals surface area contributed by atoms with Crippen LogP contribution in [-0.4, -0.2) is 37.9 Å². The van der Waals surface area contributed by atoms with E-state index in [1.807, 2.05) is 24.4 Å². The minimum absolute atomic E-state index is 0.162. The lowest BCUT2D eigenvalue weighted by molar-refractivity contribution is -0.126. The predicted octanol–water partition coefficient (Wildman–Crippen LogP) is 2.61. The number of amides is 1. The summed E-state index contributed by atoms with van der Waals surface area (Å²) in [5.41, 5.74) is 3.57. The van der Waals surface area contributed by atoms with Crippen LogP contribution >= 0.6 is 11.3 Å². The van der Waals surface area contributed by atoms with Gasteiger partial charge in [-0.1, -0.05) is 23.8 Å². The quantitative estimate of drug-likeness (QED) is 0.629. The van der Waals surface area contributed by atoms with Crippen molar-refractivity contribution in [2.75, 3.05) is 13.1 Å². The highest BCUT2D eigenvalue weighted by Gasteiger charge is 2.31. The normalized spacial score (nSPS) is 16.8. The summed E-state index contributed by atoms with van der Waals surface area (Å²) in [6.07, 6.45) is 2.59. The number of aryl methyl sites for hydroxylation is 1. The topological polar surface area (TPSA) is 78.8 Å². The standard InChI is InChI=1S/C18H21N3O3S2/c1-14-4-6-17(7-5-14)26(23,24)21-10-8-15(9-11-21)18(22)20-19-13-16-3-2-12-25-16/h2-7,12-13,15H,8-11H2,1H3,(H,20,22)/b19-13+. The predicted molar refractivity (Wildman–Crippen MR) is 103 cm³/mol. The number of hydrazone groups is 1. The number of carbonyl (C=O) groups excluding carboxylic acids is 1. The van der Waals surface area contributed by atoms with Crippen molar-refractivity contribution in [3.05, 3.63) is 52.2 Å². The largest absolute Gasteiger partial charge is 0.273 e. The lowest BCUT2D eigenvalue weighted by atomic mass is 9.98. The zero-order valence-corrected chi connectivity index (χ0v) is 16.1. The first-order chi connectivity index (χ1) is 12.5. The zero-order valence-electron chi connectivity index (χ0n) is 14.5. The van der Waals surface area contributed by atoms with Gasteiger partial charge in [0.25, 0.3) is 0 Å². The second kappa shape index (κ2) is 8.11. The molecule has 8 heteroatoms. The molecule has 0 radical (unpaired) electrons. The van der Waals surface area contributed by atoms with Crippen molar-refractivity contribution in [3.8, 4) is 0 Å². The van der Waals surface area contributed by atoms with Crippen molar-refractivity contribution in [1.82, 2.24) is 9.73 Å². The highest BCUT2D eigenvalue weighted by atomic mass is 32.2. The van der Waals surface area contributed by atoms with Crippen LogP contribution in [0.5, 0.6) is 0 Å². The number of piperidine rings is 1. The summed E-state index contributed by atoms with van der Waals surface area (Å²) in [5, 5.41) is 5.90. The Hall–Kier alpha value is -2.03. The maximum Gasteiger partial charge on any atom is 0.243 e. The molecule has 0 aliphatic carbocycles. The number of sulfonamides is 1. The number of thiophene rings is 1. The molecule has 3 rings (SSSR count). The molecule has 138 valence electrons. The van der Waals surface area contributed by atoms with Crippen LogP contribution in [-0.2, 0) is 14.8 Å². The number of hydrogen-bond donors (Lipinski definition) is 1. The molecule has 1 fully saturated rings. The summed E-state index contributed by atoms with van der Waals surface area (Å²) in [7, 11) is -3.50. The van der Waals surface area contributed by atoms with Crippen molar-refractivity contribution in [3.63, 3.8) is 0 Å². The molecule has 0 unspecified atom stereocenters. The Balaban J connectivity index is 1.55. The number of nitrogens with one attached hydrogen (secondary N) is 1. The molecule has 1 aromatic heterocycles. The van der Waals surface area contributed by atoms with Crippen LogP contribution < -0.4 is 5.43 Å². The van der Waals surface area contributed by atoms with E-state index in [-0.39, 0.29) is 11.8 Å². The van der Waals surface area contributed by atoms with Crippen molar-refractivity contribution in [2.45, 2.75) is 24.7 Å². The van der Waals surface area contributed by atoms with Gasteiger partial charge in [-0.2, -0.15) is 9.41 Å². The van der Waals surface area contributed by atoms with Crippen LogP contribution in [0.3, 0.4) is 0 Å². The van der Waals surface area contributed by atoms with E-state index in [0.29, 0.717) is 30.8 Å². The summed E-state index contributed by atoms with van der Waals surface area (Å²) < 4.78 is 26.8. The van der Waals surface area contributed by atoms with Gasteiger partial charge in [-0.3, -0.25) is 4.79 Å². The van der Waals surface area contributed by atoms with Gasteiger partial charge >= 0.3 is 0 Å². The Kier molecular flexibility index (Phi) is 5.85. The van der Waals surface area contributed by atoms with E-state index < -0.39 is 10.0 Å². The van der Waals surface area contributed by atoms with Gasteiger partial charge in [-0.25, -0.2) is 13.8 Å². The molecule has 1 aromatic carbocycles. The fourth-order valence-electron chi connectivity index (χ4n) is 2.83. The summed E-state index contributed by atoms with van der Waals surface area (Å²) >= 11 is 1.54. The van der Waals surface area contributed by atoms with Crippen LogP contribution in [0.4, 0.5) is 0 Å². The zero-order chi connectivity index (χ0) is 18.6. The Bertz CT molecular complexity index is 867. The third kappa shape index (κ3) is 4.38. The average molecular weight is 392 g/mol. The first-order valence-electron chi connectivity index (χ1n) is 8.40. The maximum absolute atomic E-state index is 12.7. The number of nitrogens with zero attached hydrogens (tertiary/aromatic N) is 2. The van der Waals surface area contributed by atoms with Gasteiger partial charge in [0, 0.05) is 23.9 Å². The third-order valence-corrected chi connectivity index (χ3v) is 7.11. The van der Waals surface area contributed by atoms with E-state index in [1.54, 1.807) is 30.5 Å². The molecule has 0 saturated carbocycles. The lowest BCUT2D eigenvalue weighted by Crippen LogP contribution is -2.42. The maximum atomic E-state index is 12.7. The van der Waals surface area contributed by atoms with Gasteiger partial charge in [0.05, 0.1) is 11.1 Å². The smallest absolute Gasteiger partial charge is 0.243 e. The monoisotopic (exact) mass is 391 g/mol. The van der Waals surface area contributed by atoms with Gasteiger partial charge in [0.15, 0.2) is 0 Å². The first-order valence-corrected chi connectivity index (χ1v) is 10.7. The molecular formula is C18H21N3O3S2. The van der Waals surface area contributed by atoms with Crippen molar-refractivity contribution in [2.24, 2.45) is 11.0 Å². The number of rotatable bonds is 5. The summed E-state index contributed by atoms with van der Waals surface area (Å²) in [5.74, 6) is -0.384. The molecule has 1 amide bonds. The van der Waals surface area contributed by atoms with Crippen LogP contribution in [0, 0.1) is 12.8 Å². The Labute approximate surface area is 157 Å². The van der Waals surface area contributed by atoms with Crippen LogP contribution in [0.1, 0.15) is 23.3 Å². The molecular weight excluding hydrogens is 370 g/mol. The molecule has 2 heterocycles. The Morgan fingerprint density at radius 3 is 2.54 bits per heavy atom. The molecule has 0 bridgehead atoms. The van der Waals surface area contributed by atoms with Crippen LogP contribution in [0.25, 0.3) is 0 Å². The van der Waals surface area contributed by atoms with E-state index in [4.69, 9.17) is 0 Å². The molecule has 1 N–H and O–H groups in total. The molecule has 0 atom stereocenters. The lowest BCUT2D eigenvalue weighted by Gasteiger charge is -2.30. The number of benzene rings is 1. The van der Waals surface area contributed by atoms with Gasteiger partial charge in [-0.05, 0) is 43.3 Å². The summed E-state index contributed by atoms with van der Waals surface area (Å²) in [4.78, 5) is 13.5. The molecule has 1 aliphatic heterocycles. The van der Waals surface area contributed by atoms with Gasteiger partial charge in [0.1, 0.15) is 0 Å². The second-order valence-electron chi connectivity index (χ2n) is 6.24.